The maximum atomic E-state index is 11.1. The molecule has 1 aliphatic carbocycles. The second-order valence-electron chi connectivity index (χ2n) is 7.91. The Morgan fingerprint density at radius 3 is 2.70 bits per heavy atom. The van der Waals surface area contributed by atoms with Gasteiger partial charge in [0.25, 0.3) is 0 Å². The number of rotatable bonds is 12. The molecule has 0 heterocycles. The fourth-order valence-electron chi connectivity index (χ4n) is 3.64. The van der Waals surface area contributed by atoms with Gasteiger partial charge < -0.3 is 14.9 Å². The number of allylic oxidation sites excluding steroid dienone is 2. The van der Waals surface area contributed by atoms with Crippen molar-refractivity contribution >= 4 is 17.6 Å². The highest BCUT2D eigenvalue weighted by Gasteiger charge is 2.39. The van der Waals surface area contributed by atoms with Crippen LogP contribution < -0.4 is 0 Å². The fourth-order valence-corrected chi connectivity index (χ4v) is 4.09. The van der Waals surface area contributed by atoms with Gasteiger partial charge in [-0.15, -0.1) is 11.6 Å². The lowest BCUT2D eigenvalue weighted by atomic mass is 9.88. The maximum Gasteiger partial charge on any atom is 0.305 e. The first-order chi connectivity index (χ1) is 12.8. The van der Waals surface area contributed by atoms with Gasteiger partial charge >= 0.3 is 5.97 Å². The van der Waals surface area contributed by atoms with E-state index in [-0.39, 0.29) is 23.2 Å². The zero-order chi connectivity index (χ0) is 20.3. The van der Waals surface area contributed by atoms with Crippen LogP contribution in [0, 0.1) is 11.8 Å². The Labute approximate surface area is 169 Å². The van der Waals surface area contributed by atoms with E-state index < -0.39 is 11.7 Å². The first-order valence-electron chi connectivity index (χ1n) is 10.3. The Balaban J connectivity index is 2.54. The molecule has 2 N–H and O–H groups in total. The summed E-state index contributed by atoms with van der Waals surface area (Å²) in [6, 6.07) is 0. The third-order valence-corrected chi connectivity index (χ3v) is 5.89. The number of aliphatic hydroxyl groups is 2. The summed E-state index contributed by atoms with van der Waals surface area (Å²) in [5, 5.41) is 20.8. The number of carbonyl (C=O) groups is 1. The number of carbonyl (C=O) groups excluding carboxylic acids is 1. The van der Waals surface area contributed by atoms with Gasteiger partial charge in [-0.3, -0.25) is 4.79 Å². The molecular formula is C22H37ClO4. The van der Waals surface area contributed by atoms with Crippen LogP contribution in [0.25, 0.3) is 0 Å². The van der Waals surface area contributed by atoms with Gasteiger partial charge in [0.2, 0.25) is 0 Å². The quantitative estimate of drug-likeness (QED) is 0.214. The van der Waals surface area contributed by atoms with Crippen molar-refractivity contribution in [2.75, 3.05) is 7.11 Å². The molecule has 0 bridgehead atoms. The van der Waals surface area contributed by atoms with Gasteiger partial charge in [0, 0.05) is 17.7 Å². The van der Waals surface area contributed by atoms with Crippen LogP contribution in [0.5, 0.6) is 0 Å². The van der Waals surface area contributed by atoms with Crippen LogP contribution in [0.15, 0.2) is 24.3 Å². The van der Waals surface area contributed by atoms with Gasteiger partial charge in [-0.1, -0.05) is 50.5 Å². The van der Waals surface area contributed by atoms with Crippen LogP contribution in [0.3, 0.4) is 0 Å². The number of ether oxygens (including phenoxy) is 1. The molecule has 1 rings (SSSR count). The summed E-state index contributed by atoms with van der Waals surface area (Å²) in [5.41, 5.74) is -0.840. The van der Waals surface area contributed by atoms with Gasteiger partial charge in [-0.05, 0) is 44.9 Å². The predicted molar refractivity (Wildman–Crippen MR) is 111 cm³/mol. The van der Waals surface area contributed by atoms with E-state index in [4.69, 9.17) is 11.6 Å². The normalized spacial score (nSPS) is 28.1. The molecule has 4 nitrogen and oxygen atoms in total. The first kappa shape index (κ1) is 24.2. The van der Waals surface area contributed by atoms with Crippen molar-refractivity contribution in [1.29, 1.82) is 0 Å². The van der Waals surface area contributed by atoms with Crippen molar-refractivity contribution in [2.24, 2.45) is 11.8 Å². The minimum Gasteiger partial charge on any atom is -0.469 e. The van der Waals surface area contributed by atoms with E-state index in [1.54, 1.807) is 0 Å². The summed E-state index contributed by atoms with van der Waals surface area (Å²) in [4.78, 5) is 11.1. The average Bonchev–Trinajstić information content (AvgIpc) is 2.89. The van der Waals surface area contributed by atoms with E-state index in [1.165, 1.54) is 7.11 Å². The maximum absolute atomic E-state index is 11.1. The molecule has 1 aliphatic rings. The van der Waals surface area contributed by atoms with E-state index >= 15 is 0 Å². The summed E-state index contributed by atoms with van der Waals surface area (Å²) in [6.45, 7) is 3.97. The van der Waals surface area contributed by atoms with Crippen LogP contribution in [-0.4, -0.2) is 40.4 Å². The summed E-state index contributed by atoms with van der Waals surface area (Å²) < 4.78 is 4.63. The van der Waals surface area contributed by atoms with Crippen LogP contribution in [0.4, 0.5) is 0 Å². The molecule has 27 heavy (non-hydrogen) atoms. The van der Waals surface area contributed by atoms with Crippen LogP contribution in [-0.2, 0) is 9.53 Å². The zero-order valence-corrected chi connectivity index (χ0v) is 17.8. The molecular weight excluding hydrogens is 364 g/mol. The molecule has 1 fully saturated rings. The molecule has 0 saturated heterocycles. The molecule has 0 spiro atoms. The molecule has 0 unspecified atom stereocenters. The van der Waals surface area contributed by atoms with E-state index in [2.05, 4.69) is 23.8 Å². The number of alkyl halides is 1. The van der Waals surface area contributed by atoms with Gasteiger partial charge in [0.1, 0.15) is 0 Å². The summed E-state index contributed by atoms with van der Waals surface area (Å²) in [5.74, 6) is -0.0644. The van der Waals surface area contributed by atoms with Gasteiger partial charge in [-0.25, -0.2) is 0 Å². The molecule has 0 aromatic carbocycles. The highest BCUT2D eigenvalue weighted by molar-refractivity contribution is 6.21. The lowest BCUT2D eigenvalue weighted by Crippen LogP contribution is -2.23. The Kier molecular flexibility index (Phi) is 11.3. The molecule has 0 radical (unpaired) electrons. The van der Waals surface area contributed by atoms with Gasteiger partial charge in [-0.2, -0.15) is 0 Å². The van der Waals surface area contributed by atoms with Crippen molar-refractivity contribution < 1.29 is 19.7 Å². The summed E-state index contributed by atoms with van der Waals surface area (Å²) >= 11 is 6.47. The number of methoxy groups -OCH3 is 1. The number of hydrogen-bond acceptors (Lipinski definition) is 4. The van der Waals surface area contributed by atoms with Gasteiger partial charge in [0.05, 0.1) is 18.8 Å². The zero-order valence-electron chi connectivity index (χ0n) is 17.1. The summed E-state index contributed by atoms with van der Waals surface area (Å²) in [7, 11) is 1.40. The predicted octanol–water partition coefficient (Wildman–Crippen LogP) is 4.77. The van der Waals surface area contributed by atoms with E-state index in [0.717, 1.165) is 44.9 Å². The van der Waals surface area contributed by atoms with Crippen molar-refractivity contribution in [2.45, 2.75) is 88.7 Å². The van der Waals surface area contributed by atoms with E-state index in [1.807, 2.05) is 19.1 Å². The van der Waals surface area contributed by atoms with Crippen molar-refractivity contribution in [3.05, 3.63) is 24.3 Å². The Hall–Kier alpha value is -0.840. The Morgan fingerprint density at radius 2 is 2.04 bits per heavy atom. The molecule has 0 aromatic rings. The second kappa shape index (κ2) is 12.6. The van der Waals surface area contributed by atoms with Gasteiger partial charge in [0.15, 0.2) is 0 Å². The third kappa shape index (κ3) is 9.27. The van der Waals surface area contributed by atoms with Crippen LogP contribution in [0.2, 0.25) is 0 Å². The molecule has 1 saturated carbocycles. The minimum absolute atomic E-state index is 0.0372. The van der Waals surface area contributed by atoms with Crippen molar-refractivity contribution in [3.8, 4) is 0 Å². The number of hydrogen-bond donors (Lipinski definition) is 2. The lowest BCUT2D eigenvalue weighted by Gasteiger charge is -2.23. The number of halogens is 1. The smallest absolute Gasteiger partial charge is 0.305 e. The van der Waals surface area contributed by atoms with Crippen molar-refractivity contribution in [1.82, 2.24) is 0 Å². The topological polar surface area (TPSA) is 66.8 Å². The van der Waals surface area contributed by atoms with E-state index in [0.29, 0.717) is 12.8 Å². The highest BCUT2D eigenvalue weighted by atomic mass is 35.5. The number of aliphatic hydroxyl groups excluding tert-OH is 1. The lowest BCUT2D eigenvalue weighted by molar-refractivity contribution is -0.140. The first-order valence-corrected chi connectivity index (χ1v) is 10.7. The minimum atomic E-state index is -0.840. The summed E-state index contributed by atoms with van der Waals surface area (Å²) in [6.07, 6.45) is 14.9. The molecule has 156 valence electrons. The number of esters is 1. The third-order valence-electron chi connectivity index (χ3n) is 5.39. The molecule has 0 amide bonds. The van der Waals surface area contributed by atoms with Crippen molar-refractivity contribution in [3.63, 3.8) is 0 Å². The molecule has 5 heteroatoms. The second-order valence-corrected chi connectivity index (χ2v) is 8.47. The Morgan fingerprint density at radius 1 is 1.30 bits per heavy atom. The number of unbranched alkanes of at least 4 members (excludes halogenated alkanes) is 3. The largest absolute Gasteiger partial charge is 0.469 e. The molecule has 5 atom stereocenters. The monoisotopic (exact) mass is 400 g/mol. The molecule has 0 aromatic heterocycles. The average molecular weight is 401 g/mol. The Bertz CT molecular complexity index is 487. The highest BCUT2D eigenvalue weighted by Crippen LogP contribution is 2.39. The van der Waals surface area contributed by atoms with E-state index in [9.17, 15) is 15.0 Å². The van der Waals surface area contributed by atoms with Crippen LogP contribution in [0.1, 0.15) is 71.6 Å². The molecule has 0 aliphatic heterocycles. The van der Waals surface area contributed by atoms with Crippen LogP contribution >= 0.6 is 11.6 Å². The standard InChI is InChI=1S/C22H37ClO4/c1-4-5-10-14-22(2,26)15-13-18-17(19(23)16-20(18)24)11-8-6-7-9-12-21(25)27-3/h6,8,13,15,17-20,24,26H,4-5,7,9-12,14,16H2,1-3H3/t17-,18-,19-,20-,22+/m1/s1. The fraction of sp³-hybridized carbons (Fsp3) is 0.773. The SMILES string of the molecule is CCCCC[C@](C)(O)C=C[C@@H]1[C@@H](CC=CCCCC(=O)OC)[C@H](Cl)C[C@H]1O.